The van der Waals surface area contributed by atoms with E-state index >= 15 is 0 Å². The summed E-state index contributed by atoms with van der Waals surface area (Å²) in [4.78, 5) is 50.4. The monoisotopic (exact) mass is 591 g/mol. The lowest BCUT2D eigenvalue weighted by Crippen LogP contribution is -2.15. The molecule has 0 unspecified atom stereocenters. The molecule has 2 amide bonds. The molecule has 2 N–H and O–H groups in total. The molecule has 5 rings (SSSR count). The standard InChI is InChI=1S/C31H21N5O8/c37-30(20-4-12-24(13-5-20)43-26-16-8-22(9-17-26)35(39)40)33-28-2-1-3-29(32-28)34-31(38)21-6-14-25(15-7-21)44-27-18-10-23(11-19-27)36(41)42/h1-19H,(H2,32,33,34,37,38). The van der Waals surface area contributed by atoms with E-state index in [2.05, 4.69) is 15.6 Å². The average Bonchev–Trinajstić information content (AvgIpc) is 3.02. The quantitative estimate of drug-likeness (QED) is 0.128. The molecule has 44 heavy (non-hydrogen) atoms. The summed E-state index contributed by atoms with van der Waals surface area (Å²) in [6.07, 6.45) is 0. The fraction of sp³-hybridized carbons (Fsp3) is 0. The van der Waals surface area contributed by atoms with E-state index in [0.717, 1.165) is 0 Å². The molecular weight excluding hydrogens is 570 g/mol. The zero-order chi connectivity index (χ0) is 31.1. The molecule has 0 fully saturated rings. The molecule has 0 aliphatic carbocycles. The smallest absolute Gasteiger partial charge is 0.269 e. The number of nitrogens with zero attached hydrogens (tertiary/aromatic N) is 3. The summed E-state index contributed by atoms with van der Waals surface area (Å²) in [5.41, 5.74) is 0.551. The molecule has 5 aromatic rings. The maximum Gasteiger partial charge on any atom is 0.269 e. The van der Waals surface area contributed by atoms with Crippen molar-refractivity contribution in [2.75, 3.05) is 10.6 Å². The van der Waals surface area contributed by atoms with Crippen LogP contribution in [0.2, 0.25) is 0 Å². The third kappa shape index (κ3) is 7.36. The van der Waals surface area contributed by atoms with E-state index in [1.54, 1.807) is 66.7 Å². The molecule has 0 radical (unpaired) electrons. The van der Waals surface area contributed by atoms with E-state index in [9.17, 15) is 29.8 Å². The number of benzene rings is 4. The highest BCUT2D eigenvalue weighted by Gasteiger charge is 2.12. The van der Waals surface area contributed by atoms with Crippen LogP contribution >= 0.6 is 0 Å². The van der Waals surface area contributed by atoms with Gasteiger partial charge in [0.1, 0.15) is 34.6 Å². The Balaban J connectivity index is 1.15. The first-order valence-electron chi connectivity index (χ1n) is 12.9. The van der Waals surface area contributed by atoms with Crippen LogP contribution in [0, 0.1) is 20.2 Å². The van der Waals surface area contributed by atoms with Crippen LogP contribution in [-0.2, 0) is 0 Å². The van der Waals surface area contributed by atoms with Crippen molar-refractivity contribution in [1.82, 2.24) is 4.98 Å². The van der Waals surface area contributed by atoms with Gasteiger partial charge >= 0.3 is 0 Å². The number of nitro groups is 2. The van der Waals surface area contributed by atoms with Gasteiger partial charge < -0.3 is 20.1 Å². The normalized spacial score (nSPS) is 10.4. The summed E-state index contributed by atoms with van der Waals surface area (Å²) < 4.78 is 11.3. The van der Waals surface area contributed by atoms with Crippen molar-refractivity contribution < 1.29 is 28.9 Å². The zero-order valence-electron chi connectivity index (χ0n) is 22.6. The van der Waals surface area contributed by atoms with Gasteiger partial charge in [0.15, 0.2) is 0 Å². The number of non-ortho nitro benzene ring substituents is 2. The summed E-state index contributed by atoms with van der Waals surface area (Å²) in [7, 11) is 0. The van der Waals surface area contributed by atoms with E-state index in [0.29, 0.717) is 34.1 Å². The maximum atomic E-state index is 12.8. The minimum Gasteiger partial charge on any atom is -0.457 e. The van der Waals surface area contributed by atoms with Crippen LogP contribution in [0.1, 0.15) is 20.7 Å². The summed E-state index contributed by atoms with van der Waals surface area (Å²) in [6, 6.07) is 28.6. The van der Waals surface area contributed by atoms with Crippen LogP contribution in [0.5, 0.6) is 23.0 Å². The van der Waals surface area contributed by atoms with E-state index in [1.807, 2.05) is 0 Å². The molecule has 4 aromatic carbocycles. The third-order valence-corrected chi connectivity index (χ3v) is 6.03. The molecule has 13 nitrogen and oxygen atoms in total. The fourth-order valence-corrected chi connectivity index (χ4v) is 3.84. The Labute approximate surface area is 249 Å². The second-order valence-electron chi connectivity index (χ2n) is 9.07. The molecule has 0 aliphatic rings. The molecule has 0 bridgehead atoms. The van der Waals surface area contributed by atoms with Gasteiger partial charge in [-0.2, -0.15) is 0 Å². The molecule has 0 spiro atoms. The second kappa shape index (κ2) is 12.9. The van der Waals surface area contributed by atoms with Gasteiger partial charge in [0.25, 0.3) is 23.2 Å². The Hall–Kier alpha value is -6.63. The lowest BCUT2D eigenvalue weighted by atomic mass is 10.2. The Morgan fingerprint density at radius 2 is 0.841 bits per heavy atom. The molecule has 0 atom stereocenters. The van der Waals surface area contributed by atoms with Crippen LogP contribution in [-0.4, -0.2) is 26.6 Å². The summed E-state index contributed by atoms with van der Waals surface area (Å²) >= 11 is 0. The highest BCUT2D eigenvalue weighted by molar-refractivity contribution is 6.05. The zero-order valence-corrected chi connectivity index (χ0v) is 22.6. The molecule has 1 aromatic heterocycles. The number of nitrogens with one attached hydrogen (secondary N) is 2. The van der Waals surface area contributed by atoms with Crippen molar-refractivity contribution in [3.63, 3.8) is 0 Å². The largest absolute Gasteiger partial charge is 0.457 e. The number of nitro benzene ring substituents is 2. The number of ether oxygens (including phenoxy) is 2. The van der Waals surface area contributed by atoms with Crippen molar-refractivity contribution in [3.8, 4) is 23.0 Å². The molecule has 1 heterocycles. The summed E-state index contributed by atoms with van der Waals surface area (Å²) in [5, 5.41) is 26.9. The van der Waals surface area contributed by atoms with Crippen molar-refractivity contribution in [3.05, 3.63) is 147 Å². The van der Waals surface area contributed by atoms with Crippen molar-refractivity contribution in [2.45, 2.75) is 0 Å². The van der Waals surface area contributed by atoms with Crippen molar-refractivity contribution >= 4 is 34.8 Å². The average molecular weight is 592 g/mol. The topological polar surface area (TPSA) is 176 Å². The minimum atomic E-state index is -0.501. The number of hydrogen-bond donors (Lipinski definition) is 2. The Kier molecular flexibility index (Phi) is 8.47. The fourth-order valence-electron chi connectivity index (χ4n) is 3.84. The van der Waals surface area contributed by atoms with Gasteiger partial charge in [0, 0.05) is 35.4 Å². The van der Waals surface area contributed by atoms with Gasteiger partial charge in [-0.1, -0.05) is 6.07 Å². The molecule has 0 saturated carbocycles. The lowest BCUT2D eigenvalue weighted by Gasteiger charge is -2.10. The first-order chi connectivity index (χ1) is 21.2. The van der Waals surface area contributed by atoms with Gasteiger partial charge in [-0.05, 0) is 84.9 Å². The number of carbonyl (C=O) groups excluding carboxylic acids is 2. The predicted octanol–water partition coefficient (Wildman–Crippen LogP) is 6.99. The molecule has 0 saturated heterocycles. The van der Waals surface area contributed by atoms with Crippen LogP contribution < -0.4 is 20.1 Å². The highest BCUT2D eigenvalue weighted by Crippen LogP contribution is 2.26. The van der Waals surface area contributed by atoms with Gasteiger partial charge in [-0.3, -0.25) is 29.8 Å². The maximum absolute atomic E-state index is 12.8. The number of carbonyl (C=O) groups is 2. The molecule has 13 heteroatoms. The van der Waals surface area contributed by atoms with Gasteiger partial charge in [-0.15, -0.1) is 0 Å². The summed E-state index contributed by atoms with van der Waals surface area (Å²) in [6.45, 7) is 0. The van der Waals surface area contributed by atoms with Gasteiger partial charge in [0.2, 0.25) is 0 Å². The van der Waals surface area contributed by atoms with E-state index in [4.69, 9.17) is 9.47 Å². The van der Waals surface area contributed by atoms with E-state index < -0.39 is 21.7 Å². The number of amides is 2. The minimum absolute atomic E-state index is 0.0517. The number of rotatable bonds is 10. The Morgan fingerprint density at radius 3 is 1.16 bits per heavy atom. The van der Waals surface area contributed by atoms with Crippen LogP contribution in [0.4, 0.5) is 23.0 Å². The van der Waals surface area contributed by atoms with Crippen molar-refractivity contribution in [2.24, 2.45) is 0 Å². The Bertz CT molecular complexity index is 1690. The van der Waals surface area contributed by atoms with E-state index in [1.165, 1.54) is 48.5 Å². The second-order valence-corrected chi connectivity index (χ2v) is 9.07. The SMILES string of the molecule is O=C(Nc1cccc(NC(=O)c2ccc(Oc3ccc([N+](=O)[O-])cc3)cc2)n1)c1ccc(Oc2ccc([N+](=O)[O-])cc2)cc1. The number of pyridine rings is 1. The lowest BCUT2D eigenvalue weighted by molar-refractivity contribution is -0.385. The van der Waals surface area contributed by atoms with Crippen LogP contribution in [0.15, 0.2) is 115 Å². The van der Waals surface area contributed by atoms with Gasteiger partial charge in [0.05, 0.1) is 9.85 Å². The highest BCUT2D eigenvalue weighted by atomic mass is 16.6. The third-order valence-electron chi connectivity index (χ3n) is 6.03. The summed E-state index contributed by atoms with van der Waals surface area (Å²) in [5.74, 6) is 1.23. The first kappa shape index (κ1) is 28.9. The number of aromatic nitrogens is 1. The predicted molar refractivity (Wildman–Crippen MR) is 159 cm³/mol. The van der Waals surface area contributed by atoms with E-state index in [-0.39, 0.29) is 23.0 Å². The van der Waals surface area contributed by atoms with Crippen LogP contribution in [0.25, 0.3) is 0 Å². The Morgan fingerprint density at radius 1 is 0.523 bits per heavy atom. The van der Waals surface area contributed by atoms with Gasteiger partial charge in [-0.25, -0.2) is 4.98 Å². The first-order valence-corrected chi connectivity index (χ1v) is 12.9. The number of hydrogen-bond acceptors (Lipinski definition) is 9. The molecule has 0 aliphatic heterocycles. The molecular formula is C31H21N5O8. The van der Waals surface area contributed by atoms with Crippen molar-refractivity contribution in [1.29, 1.82) is 0 Å². The number of anilines is 2. The van der Waals surface area contributed by atoms with Crippen LogP contribution in [0.3, 0.4) is 0 Å². The molecule has 218 valence electrons.